The van der Waals surface area contributed by atoms with Crippen LogP contribution in [0.25, 0.3) is 0 Å². The highest BCUT2D eigenvalue weighted by Gasteiger charge is 2.05. The fraction of sp³-hybridized carbons (Fsp3) is 0.533. The second-order valence-electron chi connectivity index (χ2n) is 4.48. The van der Waals surface area contributed by atoms with E-state index in [0.717, 1.165) is 42.9 Å². The zero-order chi connectivity index (χ0) is 14.8. The summed E-state index contributed by atoms with van der Waals surface area (Å²) < 4.78 is 10.6. The van der Waals surface area contributed by atoms with Crippen LogP contribution in [0.4, 0.5) is 0 Å². The van der Waals surface area contributed by atoms with Crippen LogP contribution in [0.2, 0.25) is 0 Å². The zero-order valence-corrected chi connectivity index (χ0v) is 12.6. The van der Waals surface area contributed by atoms with Gasteiger partial charge in [-0.05, 0) is 36.6 Å². The lowest BCUT2D eigenvalue weighted by atomic mass is 10.1. The molecule has 1 aromatic carbocycles. The van der Waals surface area contributed by atoms with Gasteiger partial charge in [0.05, 0.1) is 14.2 Å². The van der Waals surface area contributed by atoms with E-state index in [9.17, 15) is 0 Å². The van der Waals surface area contributed by atoms with Crippen LogP contribution in [0, 0.1) is 0 Å². The number of guanidine groups is 1. The molecule has 0 atom stereocenters. The van der Waals surface area contributed by atoms with Crippen molar-refractivity contribution in [2.24, 2.45) is 10.7 Å². The molecule has 0 heterocycles. The molecule has 0 unspecified atom stereocenters. The first kappa shape index (κ1) is 16.1. The predicted molar refractivity (Wildman–Crippen MR) is 82.7 cm³/mol. The monoisotopic (exact) mass is 279 g/mol. The fourth-order valence-electron chi connectivity index (χ4n) is 1.82. The molecule has 20 heavy (non-hydrogen) atoms. The lowest BCUT2D eigenvalue weighted by molar-refractivity contribution is 0.398. The molecule has 0 saturated carbocycles. The van der Waals surface area contributed by atoms with Crippen LogP contribution in [-0.4, -0.2) is 33.3 Å². The van der Waals surface area contributed by atoms with Gasteiger partial charge in [-0.3, -0.25) is 4.99 Å². The molecule has 1 rings (SSSR count). The van der Waals surface area contributed by atoms with Crippen LogP contribution in [0.1, 0.15) is 25.3 Å². The number of ether oxygens (including phenoxy) is 2. The molecule has 112 valence electrons. The van der Waals surface area contributed by atoms with E-state index in [2.05, 4.69) is 17.2 Å². The van der Waals surface area contributed by atoms with Crippen molar-refractivity contribution in [3.05, 3.63) is 23.8 Å². The summed E-state index contributed by atoms with van der Waals surface area (Å²) in [5.74, 6) is 2.18. The zero-order valence-electron chi connectivity index (χ0n) is 12.6. The van der Waals surface area contributed by atoms with Crippen molar-refractivity contribution in [3.63, 3.8) is 0 Å². The highest BCUT2D eigenvalue weighted by atomic mass is 16.5. The van der Waals surface area contributed by atoms with Gasteiger partial charge in [-0.15, -0.1) is 0 Å². The number of rotatable bonds is 8. The van der Waals surface area contributed by atoms with Crippen LogP contribution in [0.5, 0.6) is 11.5 Å². The Bertz CT molecular complexity index is 433. The number of nitrogens with one attached hydrogen (secondary N) is 1. The summed E-state index contributed by atoms with van der Waals surface area (Å²) in [5.41, 5.74) is 6.87. The molecule has 5 nitrogen and oxygen atoms in total. The predicted octanol–water partition coefficient (Wildman–Crippen LogP) is 1.95. The normalized spacial score (nSPS) is 11.2. The molecule has 0 spiro atoms. The molecule has 0 amide bonds. The van der Waals surface area contributed by atoms with Crippen molar-refractivity contribution in [3.8, 4) is 11.5 Å². The molecule has 1 aromatic rings. The second-order valence-corrected chi connectivity index (χ2v) is 4.48. The molecule has 0 saturated heterocycles. The minimum atomic E-state index is 0.500. The van der Waals surface area contributed by atoms with Gasteiger partial charge >= 0.3 is 0 Å². The Morgan fingerprint density at radius 2 is 2.10 bits per heavy atom. The van der Waals surface area contributed by atoms with Crippen molar-refractivity contribution < 1.29 is 9.47 Å². The molecule has 0 aliphatic carbocycles. The van der Waals surface area contributed by atoms with Gasteiger partial charge < -0.3 is 20.5 Å². The Labute approximate surface area is 121 Å². The topological polar surface area (TPSA) is 68.9 Å². The Balaban J connectivity index is 2.50. The Morgan fingerprint density at radius 1 is 1.30 bits per heavy atom. The highest BCUT2D eigenvalue weighted by Crippen LogP contribution is 2.23. The van der Waals surface area contributed by atoms with Crippen molar-refractivity contribution in [1.29, 1.82) is 0 Å². The van der Waals surface area contributed by atoms with Crippen molar-refractivity contribution in [2.45, 2.75) is 26.2 Å². The van der Waals surface area contributed by atoms with Crippen molar-refractivity contribution in [2.75, 3.05) is 27.3 Å². The average molecular weight is 279 g/mol. The quantitative estimate of drug-likeness (QED) is 0.433. The lowest BCUT2D eigenvalue weighted by Crippen LogP contribution is -2.33. The number of aliphatic imine (C=N–C) groups is 1. The van der Waals surface area contributed by atoms with Gasteiger partial charge in [0.1, 0.15) is 11.5 Å². The summed E-state index contributed by atoms with van der Waals surface area (Å²) in [4.78, 5) is 4.25. The summed E-state index contributed by atoms with van der Waals surface area (Å²) in [7, 11) is 3.32. The molecule has 0 aliphatic rings. The number of benzene rings is 1. The van der Waals surface area contributed by atoms with E-state index < -0.39 is 0 Å². The number of methoxy groups -OCH3 is 2. The first-order valence-corrected chi connectivity index (χ1v) is 6.96. The van der Waals surface area contributed by atoms with E-state index in [1.165, 1.54) is 0 Å². The maximum atomic E-state index is 5.79. The van der Waals surface area contributed by atoms with Gasteiger partial charge in [-0.25, -0.2) is 0 Å². The summed E-state index contributed by atoms with van der Waals surface area (Å²) >= 11 is 0. The lowest BCUT2D eigenvalue weighted by Gasteiger charge is -2.11. The van der Waals surface area contributed by atoms with Crippen LogP contribution < -0.4 is 20.5 Å². The van der Waals surface area contributed by atoms with Crippen molar-refractivity contribution >= 4 is 5.96 Å². The standard InChI is InChI=1S/C15H25N3O2/c1-4-5-9-17-15(16)18-10-8-12-11-13(19-2)6-7-14(12)20-3/h6-7,11H,4-5,8-10H2,1-3H3,(H3,16,17,18). The molecule has 0 bridgehead atoms. The van der Waals surface area contributed by atoms with Crippen LogP contribution in [0.15, 0.2) is 23.2 Å². The van der Waals surface area contributed by atoms with Crippen LogP contribution in [0.3, 0.4) is 0 Å². The van der Waals surface area contributed by atoms with Gasteiger partial charge in [-0.2, -0.15) is 0 Å². The van der Waals surface area contributed by atoms with Gasteiger partial charge in [0.2, 0.25) is 0 Å². The smallest absolute Gasteiger partial charge is 0.188 e. The maximum Gasteiger partial charge on any atom is 0.188 e. The third-order valence-corrected chi connectivity index (χ3v) is 2.98. The van der Waals surface area contributed by atoms with E-state index in [4.69, 9.17) is 15.2 Å². The fourth-order valence-corrected chi connectivity index (χ4v) is 1.82. The molecular weight excluding hydrogens is 254 g/mol. The largest absolute Gasteiger partial charge is 0.497 e. The molecular formula is C15H25N3O2. The Kier molecular flexibility index (Phi) is 7.32. The van der Waals surface area contributed by atoms with E-state index >= 15 is 0 Å². The van der Waals surface area contributed by atoms with E-state index in [1.807, 2.05) is 18.2 Å². The number of nitrogens with zero attached hydrogens (tertiary/aromatic N) is 1. The average Bonchev–Trinajstić information content (AvgIpc) is 2.47. The summed E-state index contributed by atoms with van der Waals surface area (Å²) in [6, 6.07) is 5.77. The maximum absolute atomic E-state index is 5.79. The summed E-state index contributed by atoms with van der Waals surface area (Å²) in [5, 5.41) is 3.11. The summed E-state index contributed by atoms with van der Waals surface area (Å²) in [6.45, 7) is 3.62. The van der Waals surface area contributed by atoms with Crippen molar-refractivity contribution in [1.82, 2.24) is 5.32 Å². The number of nitrogens with two attached hydrogens (primary N) is 1. The van der Waals surface area contributed by atoms with Crippen LogP contribution >= 0.6 is 0 Å². The number of hydrogen-bond acceptors (Lipinski definition) is 3. The van der Waals surface area contributed by atoms with Crippen LogP contribution in [-0.2, 0) is 6.42 Å². The number of hydrogen-bond donors (Lipinski definition) is 2. The van der Waals surface area contributed by atoms with E-state index in [0.29, 0.717) is 12.5 Å². The van der Waals surface area contributed by atoms with E-state index in [-0.39, 0.29) is 0 Å². The third-order valence-electron chi connectivity index (χ3n) is 2.98. The van der Waals surface area contributed by atoms with E-state index in [1.54, 1.807) is 14.2 Å². The molecule has 5 heteroatoms. The Morgan fingerprint density at radius 3 is 2.75 bits per heavy atom. The molecule has 0 radical (unpaired) electrons. The highest BCUT2D eigenvalue weighted by molar-refractivity contribution is 5.77. The SMILES string of the molecule is CCCCN=C(N)NCCc1cc(OC)ccc1OC. The number of unbranched alkanes of at least 4 members (excludes halogenated alkanes) is 1. The summed E-state index contributed by atoms with van der Waals surface area (Å²) in [6.07, 6.45) is 2.98. The minimum absolute atomic E-state index is 0.500. The molecule has 0 aromatic heterocycles. The van der Waals surface area contributed by atoms with Gasteiger partial charge in [0, 0.05) is 13.1 Å². The molecule has 0 aliphatic heterocycles. The van der Waals surface area contributed by atoms with Gasteiger partial charge in [0.15, 0.2) is 5.96 Å². The minimum Gasteiger partial charge on any atom is -0.497 e. The second kappa shape index (κ2) is 9.07. The van der Waals surface area contributed by atoms with Gasteiger partial charge in [0.25, 0.3) is 0 Å². The Hall–Kier alpha value is -1.91. The van der Waals surface area contributed by atoms with Gasteiger partial charge in [-0.1, -0.05) is 13.3 Å². The first-order chi connectivity index (χ1) is 9.71. The third kappa shape index (κ3) is 5.38. The first-order valence-electron chi connectivity index (χ1n) is 6.96. The molecule has 0 fully saturated rings. The molecule has 3 N–H and O–H groups in total.